The van der Waals surface area contributed by atoms with Crippen LogP contribution in [-0.4, -0.2) is 23.4 Å². The quantitative estimate of drug-likeness (QED) is 0.468. The molecule has 2 saturated heterocycles. The van der Waals surface area contributed by atoms with Crippen LogP contribution in [0.5, 0.6) is 0 Å². The van der Waals surface area contributed by atoms with Crippen molar-refractivity contribution in [2.24, 2.45) is 0 Å². The summed E-state index contributed by atoms with van der Waals surface area (Å²) in [4.78, 5) is 13.0. The van der Waals surface area contributed by atoms with Gasteiger partial charge in [-0.15, -0.1) is 0 Å². The average molecular weight is 125 g/mol. The summed E-state index contributed by atoms with van der Waals surface area (Å²) >= 11 is 0. The van der Waals surface area contributed by atoms with Crippen LogP contribution in [0.1, 0.15) is 25.7 Å². The molecule has 0 saturated carbocycles. The van der Waals surface area contributed by atoms with Gasteiger partial charge in [0.15, 0.2) is 0 Å². The average Bonchev–Trinajstić information content (AvgIpc) is 2.35. The molecule has 0 aliphatic carbocycles. The molecule has 2 fully saturated rings. The van der Waals surface area contributed by atoms with E-state index in [0.29, 0.717) is 11.9 Å². The van der Waals surface area contributed by atoms with Crippen LogP contribution in [0, 0.1) is 0 Å². The molecule has 2 nitrogen and oxygen atoms in total. The van der Waals surface area contributed by atoms with Gasteiger partial charge >= 0.3 is 0 Å². The van der Waals surface area contributed by atoms with E-state index in [-0.39, 0.29) is 0 Å². The van der Waals surface area contributed by atoms with E-state index < -0.39 is 0 Å². The minimum atomic E-state index is 0.387. The van der Waals surface area contributed by atoms with Crippen molar-refractivity contribution in [3.05, 3.63) is 0 Å². The van der Waals surface area contributed by atoms with Gasteiger partial charge in [-0.2, -0.15) is 0 Å². The Labute approximate surface area is 54.8 Å². The first kappa shape index (κ1) is 5.27. The third-order valence-electron chi connectivity index (χ3n) is 2.39. The van der Waals surface area contributed by atoms with E-state index in [1.807, 2.05) is 4.90 Å². The number of rotatable bonds is 0. The smallest absolute Gasteiger partial charge is 0.222 e. The van der Waals surface area contributed by atoms with Crippen LogP contribution in [0.4, 0.5) is 0 Å². The SMILES string of the molecule is O=C1CC[C@@H]2CCCN12. The molecule has 0 N–H and O–H groups in total. The van der Waals surface area contributed by atoms with Crippen LogP contribution in [0.15, 0.2) is 0 Å². The van der Waals surface area contributed by atoms with Crippen molar-refractivity contribution < 1.29 is 4.79 Å². The molecular weight excluding hydrogens is 114 g/mol. The van der Waals surface area contributed by atoms with Crippen molar-refractivity contribution in [1.29, 1.82) is 0 Å². The van der Waals surface area contributed by atoms with Crippen LogP contribution in [0.25, 0.3) is 0 Å². The van der Waals surface area contributed by atoms with Gasteiger partial charge in [-0.1, -0.05) is 0 Å². The third-order valence-corrected chi connectivity index (χ3v) is 2.39. The van der Waals surface area contributed by atoms with Gasteiger partial charge in [0.1, 0.15) is 0 Å². The molecule has 2 aliphatic heterocycles. The number of fused-ring (bicyclic) bond motifs is 1. The van der Waals surface area contributed by atoms with E-state index >= 15 is 0 Å². The number of hydrogen-bond acceptors (Lipinski definition) is 1. The number of hydrogen-bond donors (Lipinski definition) is 0. The van der Waals surface area contributed by atoms with Gasteiger partial charge in [0.2, 0.25) is 5.91 Å². The van der Waals surface area contributed by atoms with Gasteiger partial charge in [-0.25, -0.2) is 0 Å². The molecule has 0 aromatic heterocycles. The molecule has 0 radical (unpaired) electrons. The topological polar surface area (TPSA) is 20.3 Å². The van der Waals surface area contributed by atoms with Crippen LogP contribution < -0.4 is 0 Å². The van der Waals surface area contributed by atoms with Crippen molar-refractivity contribution in [1.82, 2.24) is 4.90 Å². The lowest BCUT2D eigenvalue weighted by molar-refractivity contribution is -0.127. The maximum absolute atomic E-state index is 11.0. The van der Waals surface area contributed by atoms with E-state index in [1.165, 1.54) is 12.8 Å². The van der Waals surface area contributed by atoms with Gasteiger partial charge in [0, 0.05) is 19.0 Å². The molecule has 2 aliphatic rings. The molecule has 2 rings (SSSR count). The predicted octanol–water partition coefficient (Wildman–Crippen LogP) is 0.771. The Morgan fingerprint density at radius 3 is 3.11 bits per heavy atom. The second kappa shape index (κ2) is 1.72. The summed E-state index contributed by atoms with van der Waals surface area (Å²) in [6.45, 7) is 1.03. The zero-order valence-electron chi connectivity index (χ0n) is 5.47. The summed E-state index contributed by atoms with van der Waals surface area (Å²) in [5.41, 5.74) is 0. The van der Waals surface area contributed by atoms with Crippen LogP contribution in [0.3, 0.4) is 0 Å². The summed E-state index contributed by atoms with van der Waals surface area (Å²) in [5, 5.41) is 0. The van der Waals surface area contributed by atoms with Gasteiger partial charge in [0.05, 0.1) is 0 Å². The van der Waals surface area contributed by atoms with E-state index in [1.54, 1.807) is 0 Å². The zero-order chi connectivity index (χ0) is 6.27. The van der Waals surface area contributed by atoms with Crippen LogP contribution >= 0.6 is 0 Å². The Bertz CT molecular complexity index is 144. The highest BCUT2D eigenvalue weighted by Crippen LogP contribution is 2.27. The summed E-state index contributed by atoms with van der Waals surface area (Å²) in [6.07, 6.45) is 4.42. The zero-order valence-corrected chi connectivity index (χ0v) is 5.47. The highest BCUT2D eigenvalue weighted by Gasteiger charge is 2.33. The summed E-state index contributed by atoms with van der Waals surface area (Å²) in [5.74, 6) is 0.387. The summed E-state index contributed by atoms with van der Waals surface area (Å²) in [7, 11) is 0. The second-order valence-electron chi connectivity index (χ2n) is 2.92. The number of amides is 1. The van der Waals surface area contributed by atoms with Crippen molar-refractivity contribution >= 4 is 5.91 Å². The Morgan fingerprint density at radius 2 is 2.33 bits per heavy atom. The number of nitrogens with zero attached hydrogens (tertiary/aromatic N) is 1. The molecule has 0 spiro atoms. The Hall–Kier alpha value is -0.530. The molecular formula is C7H11NO. The maximum Gasteiger partial charge on any atom is 0.222 e. The monoisotopic (exact) mass is 125 g/mol. The van der Waals surface area contributed by atoms with Gasteiger partial charge in [-0.05, 0) is 19.3 Å². The minimum Gasteiger partial charge on any atom is -0.340 e. The molecule has 0 aromatic rings. The van der Waals surface area contributed by atoms with E-state index in [4.69, 9.17) is 0 Å². The first-order valence-electron chi connectivity index (χ1n) is 3.67. The summed E-state index contributed by atoms with van der Waals surface area (Å²) in [6, 6.07) is 0.637. The number of carbonyl (C=O) groups is 1. The third kappa shape index (κ3) is 0.655. The molecule has 1 amide bonds. The predicted molar refractivity (Wildman–Crippen MR) is 34.0 cm³/mol. The second-order valence-corrected chi connectivity index (χ2v) is 2.92. The normalized spacial score (nSPS) is 33.6. The van der Waals surface area contributed by atoms with Crippen molar-refractivity contribution in [3.63, 3.8) is 0 Å². The van der Waals surface area contributed by atoms with Crippen molar-refractivity contribution in [2.75, 3.05) is 6.54 Å². The Kier molecular flexibility index (Phi) is 1.01. The molecule has 1 atom stereocenters. The fraction of sp³-hybridized carbons (Fsp3) is 0.857. The first-order valence-corrected chi connectivity index (χ1v) is 3.67. The van der Waals surface area contributed by atoms with Crippen LogP contribution in [-0.2, 0) is 4.79 Å². The Balaban J connectivity index is 2.15. The van der Waals surface area contributed by atoms with Crippen LogP contribution in [0.2, 0.25) is 0 Å². The van der Waals surface area contributed by atoms with Crippen molar-refractivity contribution in [3.8, 4) is 0 Å². The molecule has 9 heavy (non-hydrogen) atoms. The lowest BCUT2D eigenvalue weighted by atomic mass is 10.2. The lowest BCUT2D eigenvalue weighted by Gasteiger charge is -2.13. The minimum absolute atomic E-state index is 0.387. The van der Waals surface area contributed by atoms with E-state index in [2.05, 4.69) is 0 Å². The number of carbonyl (C=O) groups excluding carboxylic acids is 1. The summed E-state index contributed by atoms with van der Waals surface area (Å²) < 4.78 is 0. The standard InChI is InChI=1S/C7H11NO/c9-7-4-3-6-2-1-5-8(6)7/h6H,1-5H2/t6-/m0/s1. The highest BCUT2D eigenvalue weighted by atomic mass is 16.2. The fourth-order valence-corrected chi connectivity index (χ4v) is 1.90. The van der Waals surface area contributed by atoms with Gasteiger partial charge in [-0.3, -0.25) is 4.79 Å². The molecule has 0 unspecified atom stereocenters. The largest absolute Gasteiger partial charge is 0.340 e. The van der Waals surface area contributed by atoms with Crippen molar-refractivity contribution in [2.45, 2.75) is 31.7 Å². The van der Waals surface area contributed by atoms with Gasteiger partial charge < -0.3 is 4.90 Å². The Morgan fingerprint density at radius 1 is 1.44 bits per heavy atom. The fourth-order valence-electron chi connectivity index (χ4n) is 1.90. The molecule has 0 bridgehead atoms. The molecule has 50 valence electrons. The van der Waals surface area contributed by atoms with E-state index in [9.17, 15) is 4.79 Å². The van der Waals surface area contributed by atoms with Gasteiger partial charge in [0.25, 0.3) is 0 Å². The first-order chi connectivity index (χ1) is 4.38. The molecule has 2 heterocycles. The lowest BCUT2D eigenvalue weighted by Crippen LogP contribution is -2.26. The maximum atomic E-state index is 11.0. The molecule has 0 aromatic carbocycles. The highest BCUT2D eigenvalue weighted by molar-refractivity contribution is 5.79. The van der Waals surface area contributed by atoms with E-state index in [0.717, 1.165) is 19.4 Å². The molecule has 2 heteroatoms.